The second-order valence-electron chi connectivity index (χ2n) is 4.83. The zero-order valence-electron chi connectivity index (χ0n) is 9.86. The van der Waals surface area contributed by atoms with Gasteiger partial charge in [-0.15, -0.1) is 5.10 Å². The van der Waals surface area contributed by atoms with E-state index in [-0.39, 0.29) is 0 Å². The van der Waals surface area contributed by atoms with Gasteiger partial charge >= 0.3 is 0 Å². The normalized spacial score (nSPS) is 26.9. The highest BCUT2D eigenvalue weighted by Gasteiger charge is 2.22. The molecule has 0 spiro atoms. The lowest BCUT2D eigenvalue weighted by molar-refractivity contribution is 0.130. The molecule has 2 unspecified atom stereocenters. The van der Waals surface area contributed by atoms with Gasteiger partial charge in [0.1, 0.15) is 0 Å². The predicted molar refractivity (Wildman–Crippen MR) is 65.3 cm³/mol. The minimum Gasteiger partial charge on any atom is -0.297 e. The maximum absolute atomic E-state index is 5.71. The van der Waals surface area contributed by atoms with Crippen molar-refractivity contribution in [3.63, 3.8) is 0 Å². The average Bonchev–Trinajstić information content (AvgIpc) is 2.27. The molecule has 16 heavy (non-hydrogen) atoms. The van der Waals surface area contributed by atoms with Gasteiger partial charge in [-0.1, -0.05) is 25.4 Å². The fourth-order valence-electron chi connectivity index (χ4n) is 2.15. The lowest BCUT2D eigenvalue weighted by Gasteiger charge is -2.34. The Hall–Kier alpha value is -0.670. The zero-order valence-corrected chi connectivity index (χ0v) is 10.6. The first-order valence-electron chi connectivity index (χ1n) is 5.85. The van der Waals surface area contributed by atoms with Crippen LogP contribution in [0.1, 0.15) is 26.0 Å². The van der Waals surface area contributed by atoms with Crippen molar-refractivity contribution < 1.29 is 0 Å². The Balaban J connectivity index is 1.93. The van der Waals surface area contributed by atoms with E-state index in [4.69, 9.17) is 11.6 Å². The molecule has 2 rings (SSSR count). The van der Waals surface area contributed by atoms with Gasteiger partial charge in [-0.2, -0.15) is 5.10 Å². The van der Waals surface area contributed by atoms with E-state index in [1.807, 2.05) is 6.07 Å². The van der Waals surface area contributed by atoms with Crippen molar-refractivity contribution in [3.05, 3.63) is 23.0 Å². The van der Waals surface area contributed by atoms with Crippen molar-refractivity contribution in [2.45, 2.75) is 26.8 Å². The number of rotatable bonds is 2. The summed E-state index contributed by atoms with van der Waals surface area (Å²) >= 11 is 5.71. The number of likely N-dealkylation sites (tertiary alicyclic amines) is 1. The summed E-state index contributed by atoms with van der Waals surface area (Å²) in [7, 11) is 0. The summed E-state index contributed by atoms with van der Waals surface area (Å²) in [5, 5.41) is 8.42. The molecule has 1 aliphatic heterocycles. The third-order valence-corrected chi connectivity index (χ3v) is 3.69. The van der Waals surface area contributed by atoms with E-state index in [1.165, 1.54) is 6.42 Å². The molecular weight excluding hydrogens is 222 g/mol. The molecule has 88 valence electrons. The van der Waals surface area contributed by atoms with Gasteiger partial charge < -0.3 is 0 Å². The SMILES string of the molecule is CC1CCN(Cc2ccc(Cl)nn2)CC1C. The minimum absolute atomic E-state index is 0.462. The Morgan fingerprint density at radius 1 is 1.31 bits per heavy atom. The molecule has 0 radical (unpaired) electrons. The highest BCUT2D eigenvalue weighted by atomic mass is 35.5. The topological polar surface area (TPSA) is 29.0 Å². The Labute approximate surface area is 102 Å². The van der Waals surface area contributed by atoms with Crippen LogP contribution in [-0.2, 0) is 6.54 Å². The molecule has 0 amide bonds. The fourth-order valence-corrected chi connectivity index (χ4v) is 2.25. The molecule has 1 aliphatic rings. The van der Waals surface area contributed by atoms with Crippen LogP contribution in [0, 0.1) is 11.8 Å². The molecule has 0 aromatic carbocycles. The van der Waals surface area contributed by atoms with Crippen LogP contribution in [0.3, 0.4) is 0 Å². The van der Waals surface area contributed by atoms with Gasteiger partial charge in [-0.05, 0) is 36.9 Å². The molecule has 1 aromatic rings. The van der Waals surface area contributed by atoms with E-state index in [2.05, 4.69) is 28.9 Å². The smallest absolute Gasteiger partial charge is 0.151 e. The molecular formula is C12H18ClN3. The van der Waals surface area contributed by atoms with Crippen molar-refractivity contribution in [1.82, 2.24) is 15.1 Å². The second kappa shape index (κ2) is 5.11. The van der Waals surface area contributed by atoms with Gasteiger partial charge in [0, 0.05) is 13.1 Å². The summed E-state index contributed by atoms with van der Waals surface area (Å²) in [6, 6.07) is 3.76. The summed E-state index contributed by atoms with van der Waals surface area (Å²) < 4.78 is 0. The van der Waals surface area contributed by atoms with Gasteiger partial charge in [0.25, 0.3) is 0 Å². The number of hydrogen-bond acceptors (Lipinski definition) is 3. The van der Waals surface area contributed by atoms with Crippen LogP contribution in [0.2, 0.25) is 5.15 Å². The van der Waals surface area contributed by atoms with Crippen LogP contribution in [0.25, 0.3) is 0 Å². The van der Waals surface area contributed by atoms with Crippen LogP contribution in [0.5, 0.6) is 0 Å². The number of aromatic nitrogens is 2. The number of hydrogen-bond donors (Lipinski definition) is 0. The molecule has 1 fully saturated rings. The first kappa shape index (κ1) is 11.8. The van der Waals surface area contributed by atoms with Crippen LogP contribution < -0.4 is 0 Å². The molecule has 3 nitrogen and oxygen atoms in total. The van der Waals surface area contributed by atoms with Crippen LogP contribution in [-0.4, -0.2) is 28.2 Å². The summed E-state index contributed by atoms with van der Waals surface area (Å²) in [6.07, 6.45) is 1.28. The van der Waals surface area contributed by atoms with Crippen molar-refractivity contribution >= 4 is 11.6 Å². The van der Waals surface area contributed by atoms with E-state index in [9.17, 15) is 0 Å². The lowest BCUT2D eigenvalue weighted by Crippen LogP contribution is -2.38. The second-order valence-corrected chi connectivity index (χ2v) is 5.21. The molecule has 0 N–H and O–H groups in total. The van der Waals surface area contributed by atoms with Crippen LogP contribution >= 0.6 is 11.6 Å². The van der Waals surface area contributed by atoms with Crippen LogP contribution in [0.15, 0.2) is 12.1 Å². The molecule has 4 heteroatoms. The Morgan fingerprint density at radius 2 is 2.12 bits per heavy atom. The average molecular weight is 240 g/mol. The van der Waals surface area contributed by atoms with Crippen molar-refractivity contribution in [2.24, 2.45) is 11.8 Å². The predicted octanol–water partition coefficient (Wildman–Crippen LogP) is 2.61. The van der Waals surface area contributed by atoms with Gasteiger partial charge in [0.2, 0.25) is 0 Å². The van der Waals surface area contributed by atoms with Gasteiger partial charge in [0.05, 0.1) is 5.69 Å². The van der Waals surface area contributed by atoms with E-state index >= 15 is 0 Å². The van der Waals surface area contributed by atoms with E-state index in [0.717, 1.165) is 37.2 Å². The monoisotopic (exact) mass is 239 g/mol. The van der Waals surface area contributed by atoms with Crippen molar-refractivity contribution in [2.75, 3.05) is 13.1 Å². The third-order valence-electron chi connectivity index (χ3n) is 3.49. The maximum atomic E-state index is 5.71. The molecule has 1 saturated heterocycles. The maximum Gasteiger partial charge on any atom is 0.151 e. The van der Waals surface area contributed by atoms with Crippen molar-refractivity contribution in [1.29, 1.82) is 0 Å². The summed E-state index contributed by atoms with van der Waals surface area (Å²) in [5.41, 5.74) is 1.01. The molecule has 0 aliphatic carbocycles. The number of halogens is 1. The molecule has 2 heterocycles. The van der Waals surface area contributed by atoms with Crippen LogP contribution in [0.4, 0.5) is 0 Å². The Bertz CT molecular complexity index is 339. The van der Waals surface area contributed by atoms with Gasteiger partial charge in [0.15, 0.2) is 5.15 Å². The van der Waals surface area contributed by atoms with Gasteiger partial charge in [-0.3, -0.25) is 4.90 Å². The number of piperidine rings is 1. The molecule has 1 aromatic heterocycles. The highest BCUT2D eigenvalue weighted by molar-refractivity contribution is 6.29. The van der Waals surface area contributed by atoms with E-state index < -0.39 is 0 Å². The Kier molecular flexibility index (Phi) is 3.77. The summed E-state index contributed by atoms with van der Waals surface area (Å²) in [5.74, 6) is 1.61. The minimum atomic E-state index is 0.462. The first-order valence-corrected chi connectivity index (χ1v) is 6.23. The third kappa shape index (κ3) is 2.92. The largest absolute Gasteiger partial charge is 0.297 e. The lowest BCUT2D eigenvalue weighted by atomic mass is 9.89. The summed E-state index contributed by atoms with van der Waals surface area (Å²) in [6.45, 7) is 7.87. The first-order chi connectivity index (χ1) is 7.65. The van der Waals surface area contributed by atoms with Gasteiger partial charge in [-0.25, -0.2) is 0 Å². The zero-order chi connectivity index (χ0) is 11.5. The van der Waals surface area contributed by atoms with Crippen molar-refractivity contribution in [3.8, 4) is 0 Å². The molecule has 0 saturated carbocycles. The highest BCUT2D eigenvalue weighted by Crippen LogP contribution is 2.23. The Morgan fingerprint density at radius 3 is 2.75 bits per heavy atom. The van der Waals surface area contributed by atoms with E-state index in [0.29, 0.717) is 5.15 Å². The standard InChI is InChI=1S/C12H18ClN3/c1-9-5-6-16(7-10(9)2)8-11-3-4-12(13)15-14-11/h3-4,9-10H,5-8H2,1-2H3. The number of nitrogens with zero attached hydrogens (tertiary/aromatic N) is 3. The quantitative estimate of drug-likeness (QED) is 0.795. The van der Waals surface area contributed by atoms with E-state index in [1.54, 1.807) is 6.07 Å². The fraction of sp³-hybridized carbons (Fsp3) is 0.667. The molecule has 2 atom stereocenters. The summed E-state index contributed by atoms with van der Waals surface area (Å²) in [4.78, 5) is 2.45. The molecule has 0 bridgehead atoms.